The lowest BCUT2D eigenvalue weighted by molar-refractivity contribution is -0.116. The fourth-order valence-electron chi connectivity index (χ4n) is 6.34. The molecule has 0 saturated heterocycles. The van der Waals surface area contributed by atoms with Gasteiger partial charge in [0.05, 0.1) is 12.1 Å². The number of anilines is 1. The molecule has 5 unspecified atom stereocenters. The molecule has 1 aliphatic heterocycles. The van der Waals surface area contributed by atoms with Gasteiger partial charge in [-0.15, -0.1) is 11.8 Å². The third-order valence-corrected chi connectivity index (χ3v) is 10.6. The molecule has 2 saturated carbocycles. The number of rotatable bonds is 5. The standard InChI is InChI=1S/C27H28N2O3S2/c1-15-4-3-5-19(12-15)28-21(30)14-29-26-25(34-27(29)31)22(16-8-10-20(32-2)11-9-16)23-17-6-7-18(13-17)24(23)33-26/h3-5,8-12,17-18,22-24H,6-7,13-14H2,1-2H3,(H,28,30). The van der Waals surface area contributed by atoms with Gasteiger partial charge in [0.1, 0.15) is 12.3 Å². The van der Waals surface area contributed by atoms with E-state index < -0.39 is 0 Å². The Balaban J connectivity index is 1.36. The van der Waals surface area contributed by atoms with Crippen LogP contribution in [-0.4, -0.2) is 22.8 Å². The van der Waals surface area contributed by atoms with Crippen molar-refractivity contribution in [2.24, 2.45) is 17.8 Å². The number of carbonyl (C=O) groups excluding carboxylic acids is 1. The van der Waals surface area contributed by atoms with Gasteiger partial charge >= 0.3 is 4.87 Å². The van der Waals surface area contributed by atoms with Gasteiger partial charge in [0.15, 0.2) is 0 Å². The summed E-state index contributed by atoms with van der Waals surface area (Å²) in [5, 5.41) is 4.48. The summed E-state index contributed by atoms with van der Waals surface area (Å²) < 4.78 is 7.10. The number of benzene rings is 2. The van der Waals surface area contributed by atoms with Crippen LogP contribution in [0.4, 0.5) is 5.69 Å². The average Bonchev–Trinajstić information content (AvgIpc) is 3.52. The fourth-order valence-corrected chi connectivity index (χ4v) is 9.49. The van der Waals surface area contributed by atoms with Gasteiger partial charge in [-0.2, -0.15) is 0 Å². The van der Waals surface area contributed by atoms with Crippen molar-refractivity contribution in [2.45, 2.75) is 48.9 Å². The van der Waals surface area contributed by atoms with Crippen LogP contribution < -0.4 is 14.9 Å². The first-order valence-corrected chi connectivity index (χ1v) is 13.6. The maximum absolute atomic E-state index is 13.2. The highest BCUT2D eigenvalue weighted by molar-refractivity contribution is 8.00. The molecule has 5 atom stereocenters. The minimum Gasteiger partial charge on any atom is -0.497 e. The van der Waals surface area contributed by atoms with Gasteiger partial charge < -0.3 is 10.1 Å². The molecule has 0 radical (unpaired) electrons. The van der Waals surface area contributed by atoms with E-state index in [4.69, 9.17) is 4.74 Å². The van der Waals surface area contributed by atoms with Gasteiger partial charge in [0.25, 0.3) is 0 Å². The van der Waals surface area contributed by atoms with Crippen molar-refractivity contribution in [1.29, 1.82) is 0 Å². The third kappa shape index (κ3) is 3.69. The van der Waals surface area contributed by atoms with Gasteiger partial charge in [0, 0.05) is 21.7 Å². The van der Waals surface area contributed by atoms with Crippen molar-refractivity contribution in [2.75, 3.05) is 12.4 Å². The lowest BCUT2D eigenvalue weighted by Crippen LogP contribution is -2.34. The number of nitrogens with zero attached hydrogens (tertiary/aromatic N) is 1. The summed E-state index contributed by atoms with van der Waals surface area (Å²) in [5.74, 6) is 2.87. The highest BCUT2D eigenvalue weighted by Gasteiger charge is 2.55. The monoisotopic (exact) mass is 492 g/mol. The quantitative estimate of drug-likeness (QED) is 0.510. The van der Waals surface area contributed by atoms with Crippen LogP contribution in [0.25, 0.3) is 0 Å². The molecule has 1 N–H and O–H groups in total. The van der Waals surface area contributed by atoms with Gasteiger partial charge in [0.2, 0.25) is 5.91 Å². The van der Waals surface area contributed by atoms with E-state index in [9.17, 15) is 9.59 Å². The van der Waals surface area contributed by atoms with Gasteiger partial charge in [-0.3, -0.25) is 14.2 Å². The van der Waals surface area contributed by atoms with Crippen LogP contribution in [0.2, 0.25) is 0 Å². The Morgan fingerprint density at radius 3 is 2.71 bits per heavy atom. The van der Waals surface area contributed by atoms with E-state index in [0.29, 0.717) is 17.1 Å². The Morgan fingerprint density at radius 1 is 1.15 bits per heavy atom. The Kier molecular flexibility index (Phi) is 5.57. The van der Waals surface area contributed by atoms with Gasteiger partial charge in [-0.25, -0.2) is 0 Å². The third-order valence-electron chi connectivity index (χ3n) is 7.77. The highest BCUT2D eigenvalue weighted by atomic mass is 32.2. The van der Waals surface area contributed by atoms with Gasteiger partial charge in [-0.05, 0) is 79.3 Å². The van der Waals surface area contributed by atoms with Crippen LogP contribution >= 0.6 is 23.1 Å². The Labute approximate surface area is 207 Å². The number of fused-ring (bicyclic) bond motifs is 6. The molecule has 34 heavy (non-hydrogen) atoms. The maximum atomic E-state index is 13.2. The van der Waals surface area contributed by atoms with E-state index in [-0.39, 0.29) is 23.2 Å². The predicted molar refractivity (Wildman–Crippen MR) is 137 cm³/mol. The predicted octanol–water partition coefficient (Wildman–Crippen LogP) is 5.52. The number of methoxy groups -OCH3 is 1. The van der Waals surface area contributed by atoms with E-state index >= 15 is 0 Å². The van der Waals surface area contributed by atoms with Crippen molar-refractivity contribution in [1.82, 2.24) is 4.57 Å². The van der Waals surface area contributed by atoms with Crippen molar-refractivity contribution in [3.63, 3.8) is 0 Å². The summed E-state index contributed by atoms with van der Waals surface area (Å²) >= 11 is 3.20. The smallest absolute Gasteiger partial charge is 0.308 e. The van der Waals surface area contributed by atoms with Crippen molar-refractivity contribution >= 4 is 34.7 Å². The number of aromatic nitrogens is 1. The number of hydrogen-bond donors (Lipinski definition) is 1. The van der Waals surface area contributed by atoms with Crippen molar-refractivity contribution < 1.29 is 9.53 Å². The molecule has 2 aromatic carbocycles. The van der Waals surface area contributed by atoms with Gasteiger partial charge in [-0.1, -0.05) is 35.6 Å². The number of ether oxygens (including phenoxy) is 1. The normalized spacial score (nSPS) is 26.7. The van der Waals surface area contributed by atoms with Crippen LogP contribution in [0.5, 0.6) is 5.75 Å². The van der Waals surface area contributed by atoms with Crippen LogP contribution in [0.1, 0.15) is 41.2 Å². The fraction of sp³-hybridized carbons (Fsp3) is 0.407. The summed E-state index contributed by atoms with van der Waals surface area (Å²) in [6.45, 7) is 2.05. The van der Waals surface area contributed by atoms with E-state index in [1.807, 2.05) is 55.1 Å². The largest absolute Gasteiger partial charge is 0.497 e. The molecule has 1 aromatic heterocycles. The van der Waals surface area contributed by atoms with E-state index in [1.165, 1.54) is 36.2 Å². The SMILES string of the molecule is COc1ccc(C2c3sc(=O)n(CC(=O)Nc4cccc(C)c4)c3SC3C4CCC(C4)C23)cc1. The lowest BCUT2D eigenvalue weighted by Gasteiger charge is -2.40. The van der Waals surface area contributed by atoms with Crippen molar-refractivity contribution in [3.8, 4) is 5.75 Å². The molecule has 2 fully saturated rings. The van der Waals surface area contributed by atoms with E-state index in [0.717, 1.165) is 32.8 Å². The molecule has 3 aromatic rings. The number of hydrogen-bond acceptors (Lipinski definition) is 5. The number of carbonyl (C=O) groups is 1. The molecule has 0 spiro atoms. The molecule has 7 heteroatoms. The van der Waals surface area contributed by atoms with Crippen LogP contribution in [0, 0.1) is 24.7 Å². The van der Waals surface area contributed by atoms with E-state index in [1.54, 1.807) is 11.7 Å². The maximum Gasteiger partial charge on any atom is 0.308 e. The van der Waals surface area contributed by atoms with Crippen LogP contribution in [0.15, 0.2) is 58.4 Å². The first-order valence-electron chi connectivity index (χ1n) is 11.9. The summed E-state index contributed by atoms with van der Waals surface area (Å²) in [5.41, 5.74) is 3.10. The summed E-state index contributed by atoms with van der Waals surface area (Å²) in [6, 6.07) is 16.1. The number of amides is 1. The number of thioether (sulfide) groups is 1. The zero-order valence-electron chi connectivity index (χ0n) is 19.3. The minimum absolute atomic E-state index is 0.0391. The Morgan fingerprint density at radius 2 is 1.94 bits per heavy atom. The summed E-state index contributed by atoms with van der Waals surface area (Å²) in [6.07, 6.45) is 3.87. The number of aryl methyl sites for hydroxylation is 1. The average molecular weight is 493 g/mol. The van der Waals surface area contributed by atoms with Crippen molar-refractivity contribution in [3.05, 3.63) is 74.2 Å². The lowest BCUT2D eigenvalue weighted by atomic mass is 9.75. The molecular formula is C27H28N2O3S2. The zero-order chi connectivity index (χ0) is 23.4. The zero-order valence-corrected chi connectivity index (χ0v) is 21.0. The van der Waals surface area contributed by atoms with Crippen LogP contribution in [-0.2, 0) is 11.3 Å². The van der Waals surface area contributed by atoms with E-state index in [2.05, 4.69) is 17.4 Å². The second-order valence-corrected chi connectivity index (χ2v) is 11.9. The molecule has 2 aliphatic carbocycles. The molecule has 2 bridgehead atoms. The molecular weight excluding hydrogens is 464 g/mol. The first-order chi connectivity index (χ1) is 16.5. The molecule has 6 rings (SSSR count). The second-order valence-electron chi connectivity index (χ2n) is 9.79. The second kappa shape index (κ2) is 8.61. The molecule has 3 aliphatic rings. The molecule has 176 valence electrons. The Bertz CT molecular complexity index is 1300. The topological polar surface area (TPSA) is 60.3 Å². The number of thiazole rings is 1. The molecule has 1 amide bonds. The van der Waals surface area contributed by atoms with Crippen LogP contribution in [0.3, 0.4) is 0 Å². The minimum atomic E-state index is -0.162. The Hall–Kier alpha value is -2.51. The number of nitrogens with one attached hydrogen (secondary N) is 1. The highest BCUT2D eigenvalue weighted by Crippen LogP contribution is 2.64. The summed E-state index contributed by atoms with van der Waals surface area (Å²) in [4.78, 5) is 27.2. The summed E-state index contributed by atoms with van der Waals surface area (Å²) in [7, 11) is 1.68. The first kappa shape index (κ1) is 22.0. The molecule has 2 heterocycles. The molecule has 5 nitrogen and oxygen atoms in total.